The molecule has 0 amide bonds. The van der Waals surface area contributed by atoms with E-state index in [-0.39, 0.29) is 11.1 Å². The van der Waals surface area contributed by atoms with Gasteiger partial charge in [0.25, 0.3) is 0 Å². The van der Waals surface area contributed by atoms with Gasteiger partial charge in [-0.2, -0.15) is 0 Å². The summed E-state index contributed by atoms with van der Waals surface area (Å²) in [5.41, 5.74) is 2.45. The Morgan fingerprint density at radius 3 is 3.04 bits per heavy atom. The van der Waals surface area contributed by atoms with Crippen LogP contribution in [-0.4, -0.2) is 39.2 Å². The van der Waals surface area contributed by atoms with E-state index in [1.54, 1.807) is 0 Å². The Labute approximate surface area is 134 Å². The molecule has 0 bridgehead atoms. The van der Waals surface area contributed by atoms with Crippen molar-refractivity contribution in [2.24, 2.45) is 0 Å². The van der Waals surface area contributed by atoms with Crippen LogP contribution in [0.15, 0.2) is 24.4 Å². The number of carboxylic acids is 1. The summed E-state index contributed by atoms with van der Waals surface area (Å²) in [7, 11) is 0. The second-order valence-corrected chi connectivity index (χ2v) is 6.35. The SMILES string of the molecule is CC1(C)COc2cc(CNCCn3cc(C(=O)O)nn3)ccc21. The van der Waals surface area contributed by atoms with Crippen LogP contribution < -0.4 is 10.1 Å². The molecule has 0 radical (unpaired) electrons. The smallest absolute Gasteiger partial charge is 0.358 e. The third-order valence-electron chi connectivity index (χ3n) is 3.97. The van der Waals surface area contributed by atoms with Crippen LogP contribution in [0.5, 0.6) is 5.75 Å². The molecule has 1 aromatic heterocycles. The number of ether oxygens (including phenoxy) is 1. The van der Waals surface area contributed by atoms with Crippen molar-refractivity contribution < 1.29 is 14.6 Å². The predicted octanol–water partition coefficient (Wildman–Crippen LogP) is 1.44. The third-order valence-corrected chi connectivity index (χ3v) is 3.97. The molecule has 2 aromatic rings. The summed E-state index contributed by atoms with van der Waals surface area (Å²) >= 11 is 0. The number of benzene rings is 1. The maximum absolute atomic E-state index is 10.7. The monoisotopic (exact) mass is 316 g/mol. The second-order valence-electron chi connectivity index (χ2n) is 6.35. The number of carboxylic acid groups (broad SMARTS) is 1. The summed E-state index contributed by atoms with van der Waals surface area (Å²) in [6.07, 6.45) is 1.43. The van der Waals surface area contributed by atoms with Gasteiger partial charge >= 0.3 is 5.97 Å². The van der Waals surface area contributed by atoms with Gasteiger partial charge in [0.15, 0.2) is 5.69 Å². The molecule has 7 nitrogen and oxygen atoms in total. The topological polar surface area (TPSA) is 89.3 Å². The molecule has 0 aliphatic carbocycles. The van der Waals surface area contributed by atoms with Gasteiger partial charge in [-0.1, -0.05) is 31.2 Å². The average Bonchev–Trinajstić information content (AvgIpc) is 3.09. The number of aromatic carboxylic acids is 1. The summed E-state index contributed by atoms with van der Waals surface area (Å²) in [6, 6.07) is 6.32. The van der Waals surface area contributed by atoms with Crippen molar-refractivity contribution in [3.63, 3.8) is 0 Å². The van der Waals surface area contributed by atoms with Crippen LogP contribution in [-0.2, 0) is 18.5 Å². The Morgan fingerprint density at radius 1 is 1.48 bits per heavy atom. The molecule has 7 heteroatoms. The van der Waals surface area contributed by atoms with E-state index in [1.165, 1.54) is 16.4 Å². The lowest BCUT2D eigenvalue weighted by molar-refractivity contribution is 0.0690. The Kier molecular flexibility index (Phi) is 4.04. The summed E-state index contributed by atoms with van der Waals surface area (Å²) < 4.78 is 7.27. The van der Waals surface area contributed by atoms with Crippen LogP contribution in [0.1, 0.15) is 35.5 Å². The zero-order valence-electron chi connectivity index (χ0n) is 13.2. The number of fused-ring (bicyclic) bond motifs is 1. The van der Waals surface area contributed by atoms with Gasteiger partial charge in [0.05, 0.1) is 19.3 Å². The zero-order valence-corrected chi connectivity index (χ0v) is 13.2. The van der Waals surface area contributed by atoms with Gasteiger partial charge < -0.3 is 15.2 Å². The summed E-state index contributed by atoms with van der Waals surface area (Å²) in [5.74, 6) is -0.0954. The first kappa shape index (κ1) is 15.5. The van der Waals surface area contributed by atoms with Crippen LogP contribution in [0.2, 0.25) is 0 Å². The second kappa shape index (κ2) is 6.00. The number of hydrogen-bond donors (Lipinski definition) is 2. The molecule has 0 fully saturated rings. The first-order valence-corrected chi connectivity index (χ1v) is 7.56. The van der Waals surface area contributed by atoms with Crippen molar-refractivity contribution in [3.05, 3.63) is 41.2 Å². The molecule has 0 unspecified atom stereocenters. The summed E-state index contributed by atoms with van der Waals surface area (Å²) in [5, 5.41) is 19.4. The van der Waals surface area contributed by atoms with Crippen molar-refractivity contribution in [1.29, 1.82) is 0 Å². The number of aromatic nitrogens is 3. The van der Waals surface area contributed by atoms with E-state index in [0.717, 1.165) is 24.5 Å². The standard InChI is InChI=1S/C16H20N4O3/c1-16(2)10-23-14-7-11(3-4-12(14)16)8-17-5-6-20-9-13(15(21)22)18-19-20/h3-4,7,9,17H,5-6,8,10H2,1-2H3,(H,21,22). The van der Waals surface area contributed by atoms with Gasteiger partial charge in [0.1, 0.15) is 5.75 Å². The van der Waals surface area contributed by atoms with Crippen molar-refractivity contribution in [3.8, 4) is 5.75 Å². The third kappa shape index (κ3) is 3.34. The summed E-state index contributed by atoms with van der Waals surface area (Å²) in [6.45, 7) is 7.04. The fraction of sp³-hybridized carbons (Fsp3) is 0.438. The normalized spacial score (nSPS) is 15.2. The minimum absolute atomic E-state index is 0.0385. The minimum Gasteiger partial charge on any atom is -0.492 e. The minimum atomic E-state index is -1.06. The highest BCUT2D eigenvalue weighted by Gasteiger charge is 2.31. The molecule has 1 aliphatic heterocycles. The molecule has 2 N–H and O–H groups in total. The quantitative estimate of drug-likeness (QED) is 0.784. The average molecular weight is 316 g/mol. The van der Waals surface area contributed by atoms with Crippen LogP contribution in [0.25, 0.3) is 0 Å². The molecule has 122 valence electrons. The van der Waals surface area contributed by atoms with Gasteiger partial charge in [-0.3, -0.25) is 4.68 Å². The zero-order chi connectivity index (χ0) is 16.4. The Morgan fingerprint density at radius 2 is 2.30 bits per heavy atom. The van der Waals surface area contributed by atoms with Crippen LogP contribution in [0.4, 0.5) is 0 Å². The molecule has 0 saturated heterocycles. The number of carbonyl (C=O) groups is 1. The molecule has 0 spiro atoms. The molecule has 0 saturated carbocycles. The maximum atomic E-state index is 10.7. The highest BCUT2D eigenvalue weighted by Crippen LogP contribution is 2.38. The first-order chi connectivity index (χ1) is 11.0. The number of nitrogens with one attached hydrogen (secondary N) is 1. The van der Waals surface area contributed by atoms with Crippen LogP contribution in [0, 0.1) is 0 Å². The number of hydrogen-bond acceptors (Lipinski definition) is 5. The lowest BCUT2D eigenvalue weighted by atomic mass is 9.86. The Balaban J connectivity index is 1.50. The van der Waals surface area contributed by atoms with Gasteiger partial charge in [-0.25, -0.2) is 4.79 Å². The molecule has 23 heavy (non-hydrogen) atoms. The Hall–Kier alpha value is -2.41. The molecule has 1 aromatic carbocycles. The van der Waals surface area contributed by atoms with E-state index in [2.05, 4.69) is 47.7 Å². The largest absolute Gasteiger partial charge is 0.492 e. The van der Waals surface area contributed by atoms with E-state index >= 15 is 0 Å². The Bertz CT molecular complexity index is 724. The number of nitrogens with zero attached hydrogens (tertiary/aromatic N) is 3. The van der Waals surface area contributed by atoms with Crippen molar-refractivity contribution >= 4 is 5.97 Å². The maximum Gasteiger partial charge on any atom is 0.358 e. The van der Waals surface area contributed by atoms with E-state index in [4.69, 9.17) is 9.84 Å². The molecule has 1 aliphatic rings. The van der Waals surface area contributed by atoms with Crippen molar-refractivity contribution in [1.82, 2.24) is 20.3 Å². The van der Waals surface area contributed by atoms with Gasteiger partial charge in [0.2, 0.25) is 0 Å². The summed E-state index contributed by atoms with van der Waals surface area (Å²) in [4.78, 5) is 10.7. The van der Waals surface area contributed by atoms with Crippen LogP contribution in [0.3, 0.4) is 0 Å². The predicted molar refractivity (Wildman–Crippen MR) is 83.7 cm³/mol. The van der Waals surface area contributed by atoms with E-state index < -0.39 is 5.97 Å². The molecule has 2 heterocycles. The van der Waals surface area contributed by atoms with Gasteiger partial charge in [-0.05, 0) is 11.6 Å². The fourth-order valence-corrected chi connectivity index (χ4v) is 2.62. The lowest BCUT2D eigenvalue weighted by Gasteiger charge is -2.15. The van der Waals surface area contributed by atoms with E-state index in [9.17, 15) is 4.79 Å². The molecule has 0 atom stereocenters. The van der Waals surface area contributed by atoms with Crippen molar-refractivity contribution in [2.75, 3.05) is 13.2 Å². The highest BCUT2D eigenvalue weighted by molar-refractivity contribution is 5.84. The fourth-order valence-electron chi connectivity index (χ4n) is 2.62. The lowest BCUT2D eigenvalue weighted by Crippen LogP contribution is -2.20. The van der Waals surface area contributed by atoms with Gasteiger partial charge in [0, 0.05) is 24.1 Å². The van der Waals surface area contributed by atoms with E-state index in [0.29, 0.717) is 13.1 Å². The van der Waals surface area contributed by atoms with Gasteiger partial charge in [-0.15, -0.1) is 5.10 Å². The highest BCUT2D eigenvalue weighted by atomic mass is 16.5. The first-order valence-electron chi connectivity index (χ1n) is 7.56. The number of rotatable bonds is 6. The van der Waals surface area contributed by atoms with E-state index in [1.807, 2.05) is 0 Å². The molecular formula is C16H20N4O3. The van der Waals surface area contributed by atoms with Crippen LogP contribution >= 0.6 is 0 Å². The molecule has 3 rings (SSSR count). The van der Waals surface area contributed by atoms with Crippen molar-refractivity contribution in [2.45, 2.75) is 32.4 Å². The molecular weight excluding hydrogens is 296 g/mol.